The van der Waals surface area contributed by atoms with Gasteiger partial charge in [0.15, 0.2) is 6.10 Å². The molecule has 472 valence electrons. The number of carbonyl (C=O) groups is 3. The number of esters is 3. The molecule has 0 aliphatic rings. The smallest absolute Gasteiger partial charge is 0.306 e. The van der Waals surface area contributed by atoms with Crippen LogP contribution in [-0.2, 0) is 28.6 Å². The Bertz CT molecular complexity index is 1750. The van der Waals surface area contributed by atoms with Crippen molar-refractivity contribution in [1.82, 2.24) is 0 Å². The zero-order chi connectivity index (χ0) is 59.9. The Morgan fingerprint density at radius 3 is 0.675 bits per heavy atom. The molecule has 0 aromatic heterocycles. The van der Waals surface area contributed by atoms with E-state index in [0.717, 1.165) is 154 Å². The van der Waals surface area contributed by atoms with E-state index in [9.17, 15) is 14.4 Å². The molecule has 0 amide bonds. The summed E-state index contributed by atoms with van der Waals surface area (Å²) in [5, 5.41) is 0. The van der Waals surface area contributed by atoms with Gasteiger partial charge < -0.3 is 14.2 Å². The largest absolute Gasteiger partial charge is 0.462 e. The minimum atomic E-state index is -0.795. The van der Waals surface area contributed by atoms with Crippen LogP contribution >= 0.6 is 0 Å². The predicted molar refractivity (Wildman–Crippen MR) is 362 cm³/mol. The third-order valence-corrected chi connectivity index (χ3v) is 14.6. The van der Waals surface area contributed by atoms with Crippen molar-refractivity contribution in [2.24, 2.45) is 0 Å². The maximum absolute atomic E-state index is 12.9. The van der Waals surface area contributed by atoms with Crippen molar-refractivity contribution in [3.63, 3.8) is 0 Å². The van der Waals surface area contributed by atoms with Gasteiger partial charge in [0.1, 0.15) is 13.2 Å². The van der Waals surface area contributed by atoms with Gasteiger partial charge in [-0.05, 0) is 128 Å². The summed E-state index contributed by atoms with van der Waals surface area (Å²) < 4.78 is 16.9. The van der Waals surface area contributed by atoms with E-state index in [-0.39, 0.29) is 31.1 Å². The average Bonchev–Trinajstić information content (AvgIpc) is 3.49. The minimum absolute atomic E-state index is 0.0884. The number of unbranched alkanes of at least 4 members (excludes halogenated alkanes) is 29. The fraction of sp³-hybridized carbons (Fsp3) is 0.675. The molecule has 6 nitrogen and oxygen atoms in total. The summed E-state index contributed by atoms with van der Waals surface area (Å²) in [6, 6.07) is 0. The van der Waals surface area contributed by atoms with Gasteiger partial charge in [0.25, 0.3) is 0 Å². The molecular weight excluding hydrogens is 1020 g/mol. The molecule has 0 N–H and O–H groups in total. The summed E-state index contributed by atoms with van der Waals surface area (Å²) in [6.45, 7) is 6.30. The highest BCUT2D eigenvalue weighted by molar-refractivity contribution is 5.71. The van der Waals surface area contributed by atoms with E-state index in [1.807, 2.05) is 0 Å². The summed E-state index contributed by atoms with van der Waals surface area (Å²) in [6.07, 6.45) is 99.1. The third-order valence-electron chi connectivity index (χ3n) is 14.6. The van der Waals surface area contributed by atoms with Gasteiger partial charge in [-0.25, -0.2) is 0 Å². The molecule has 0 bridgehead atoms. The van der Waals surface area contributed by atoms with Gasteiger partial charge >= 0.3 is 17.9 Å². The average molecular weight is 1150 g/mol. The first-order chi connectivity index (χ1) is 41.0. The Morgan fingerprint density at radius 2 is 0.434 bits per heavy atom. The van der Waals surface area contributed by atoms with E-state index in [1.165, 1.54) is 122 Å². The summed E-state index contributed by atoms with van der Waals surface area (Å²) in [5.41, 5.74) is 0. The normalized spacial score (nSPS) is 13.0. The molecule has 0 aromatic carbocycles. The number of hydrogen-bond acceptors (Lipinski definition) is 6. The van der Waals surface area contributed by atoms with Crippen LogP contribution in [0.3, 0.4) is 0 Å². The van der Waals surface area contributed by atoms with E-state index in [0.29, 0.717) is 19.3 Å². The molecule has 0 fully saturated rings. The first-order valence-electron chi connectivity index (χ1n) is 34.7. The first-order valence-corrected chi connectivity index (χ1v) is 34.7. The molecule has 0 saturated heterocycles. The maximum Gasteiger partial charge on any atom is 0.306 e. The van der Waals surface area contributed by atoms with Gasteiger partial charge in [0, 0.05) is 19.3 Å². The van der Waals surface area contributed by atoms with E-state index in [1.54, 1.807) is 0 Å². The molecule has 0 aliphatic heterocycles. The number of allylic oxidation sites excluding steroid dienone is 22. The van der Waals surface area contributed by atoms with Gasteiger partial charge in [0.2, 0.25) is 0 Å². The second-order valence-corrected chi connectivity index (χ2v) is 22.6. The van der Waals surface area contributed by atoms with Gasteiger partial charge in [0.05, 0.1) is 0 Å². The van der Waals surface area contributed by atoms with Crippen LogP contribution in [0.5, 0.6) is 0 Å². The second-order valence-electron chi connectivity index (χ2n) is 22.6. The first kappa shape index (κ1) is 78.5. The zero-order valence-corrected chi connectivity index (χ0v) is 54.2. The van der Waals surface area contributed by atoms with Crippen LogP contribution in [0.25, 0.3) is 0 Å². The lowest BCUT2D eigenvalue weighted by Crippen LogP contribution is -2.30. The van der Waals surface area contributed by atoms with Crippen molar-refractivity contribution < 1.29 is 28.6 Å². The Hall–Kier alpha value is -4.45. The zero-order valence-electron chi connectivity index (χ0n) is 54.2. The van der Waals surface area contributed by atoms with Gasteiger partial charge in [-0.15, -0.1) is 0 Å². The predicted octanol–water partition coefficient (Wildman–Crippen LogP) is 24.1. The summed E-state index contributed by atoms with van der Waals surface area (Å²) in [5.74, 6) is -0.907. The second kappa shape index (κ2) is 70.0. The highest BCUT2D eigenvalue weighted by Crippen LogP contribution is 2.17. The Kier molecular flexibility index (Phi) is 66.3. The van der Waals surface area contributed by atoms with Crippen molar-refractivity contribution in [2.75, 3.05) is 13.2 Å². The molecule has 1 atom stereocenters. The molecular formula is C77H128O6. The van der Waals surface area contributed by atoms with Crippen molar-refractivity contribution >= 4 is 17.9 Å². The van der Waals surface area contributed by atoms with Crippen LogP contribution < -0.4 is 0 Å². The fourth-order valence-electron chi connectivity index (χ4n) is 9.56. The van der Waals surface area contributed by atoms with E-state index in [4.69, 9.17) is 14.2 Å². The summed E-state index contributed by atoms with van der Waals surface area (Å²) in [4.78, 5) is 38.4. The summed E-state index contributed by atoms with van der Waals surface area (Å²) in [7, 11) is 0. The molecule has 0 aliphatic carbocycles. The molecule has 0 radical (unpaired) electrons. The molecule has 0 saturated carbocycles. The van der Waals surface area contributed by atoms with Crippen LogP contribution in [0, 0.1) is 0 Å². The lowest BCUT2D eigenvalue weighted by Gasteiger charge is -2.18. The number of rotatable bonds is 62. The van der Waals surface area contributed by atoms with Gasteiger partial charge in [-0.3, -0.25) is 14.4 Å². The lowest BCUT2D eigenvalue weighted by atomic mass is 10.0. The van der Waals surface area contributed by atoms with E-state index >= 15 is 0 Å². The third kappa shape index (κ3) is 68.2. The molecule has 0 rings (SSSR count). The lowest BCUT2D eigenvalue weighted by molar-refractivity contribution is -0.167. The standard InChI is InChI=1S/C77H128O6/c1-4-7-10-13-16-19-22-25-28-30-31-32-33-34-35-36-37-38-39-40-41-42-43-44-45-47-49-52-55-58-61-64-67-70-76(79)82-73-74(72-81-75(78)69-66-63-60-57-54-51-48-27-24-21-18-15-12-9-6-3)83-77(80)71-68-65-62-59-56-53-50-46-29-26-23-20-17-14-11-8-5-2/h7-12,16-21,25-29,31-32,34-35,48,74H,4-6,13-15,22-24,30,33,36-47,49-73H2,1-3H3/b10-7-,11-8-,12-9-,19-16-,20-17-,21-18-,28-25-,29-26-,32-31-,35-34-,48-27-. The highest BCUT2D eigenvalue weighted by Gasteiger charge is 2.19. The Labute approximate surface area is 513 Å². The van der Waals surface area contributed by atoms with Gasteiger partial charge in [-0.1, -0.05) is 302 Å². The molecule has 1 unspecified atom stereocenters. The topological polar surface area (TPSA) is 78.9 Å². The van der Waals surface area contributed by atoms with Crippen molar-refractivity contribution in [1.29, 1.82) is 0 Å². The van der Waals surface area contributed by atoms with Crippen LogP contribution in [0.4, 0.5) is 0 Å². The SMILES string of the molecule is CC/C=C\C/C=C\C/C=C\C/C=C\C/C=C\CCCCCCCCCCCCCCCCCCCC(=O)OCC(COC(=O)CCCCCCC/C=C\C/C=C\C/C=C\CC)OC(=O)CCCCCCCCC/C=C\C/C=C\C/C=C\CC. The summed E-state index contributed by atoms with van der Waals surface area (Å²) >= 11 is 0. The Balaban J connectivity index is 4.23. The number of carbonyl (C=O) groups excluding carboxylic acids is 3. The quantitative estimate of drug-likeness (QED) is 0.0261. The highest BCUT2D eigenvalue weighted by atomic mass is 16.6. The molecule has 6 heteroatoms. The van der Waals surface area contributed by atoms with Crippen molar-refractivity contribution in [3.05, 3.63) is 134 Å². The monoisotopic (exact) mass is 1150 g/mol. The van der Waals surface area contributed by atoms with Crippen LogP contribution in [-0.4, -0.2) is 37.2 Å². The number of hydrogen-bond donors (Lipinski definition) is 0. The van der Waals surface area contributed by atoms with Crippen molar-refractivity contribution in [3.8, 4) is 0 Å². The van der Waals surface area contributed by atoms with E-state index < -0.39 is 6.10 Å². The molecule has 0 heterocycles. The van der Waals surface area contributed by atoms with Crippen LogP contribution in [0.15, 0.2) is 134 Å². The maximum atomic E-state index is 12.9. The fourth-order valence-corrected chi connectivity index (χ4v) is 9.56. The Morgan fingerprint density at radius 1 is 0.241 bits per heavy atom. The van der Waals surface area contributed by atoms with Crippen LogP contribution in [0.2, 0.25) is 0 Å². The van der Waals surface area contributed by atoms with Crippen molar-refractivity contribution in [2.45, 2.75) is 322 Å². The van der Waals surface area contributed by atoms with E-state index in [2.05, 4.69) is 154 Å². The number of ether oxygens (including phenoxy) is 3. The van der Waals surface area contributed by atoms with Crippen LogP contribution in [0.1, 0.15) is 316 Å². The molecule has 83 heavy (non-hydrogen) atoms. The van der Waals surface area contributed by atoms with Gasteiger partial charge in [-0.2, -0.15) is 0 Å². The molecule has 0 aromatic rings. The molecule has 0 spiro atoms. The minimum Gasteiger partial charge on any atom is -0.462 e.